The first kappa shape index (κ1) is 14.1. The second kappa shape index (κ2) is 6.71. The van der Waals surface area contributed by atoms with E-state index in [1.165, 1.54) is 0 Å². The third-order valence-corrected chi connectivity index (χ3v) is 2.17. The maximum Gasteiger partial charge on any atom is 0.218 e. The first-order chi connectivity index (χ1) is 8.01. The minimum atomic E-state index is 0.123. The van der Waals surface area contributed by atoms with Crippen molar-refractivity contribution in [2.24, 2.45) is 0 Å². The molecule has 0 unspecified atom stereocenters. The van der Waals surface area contributed by atoms with Gasteiger partial charge in [-0.15, -0.1) is 10.2 Å². The highest BCUT2D eigenvalue weighted by molar-refractivity contribution is 4.84. The summed E-state index contributed by atoms with van der Waals surface area (Å²) in [7, 11) is 0. The minimum Gasteiger partial charge on any atom is -0.425 e. The molecule has 0 amide bonds. The number of hydrogen-bond donors (Lipinski definition) is 1. The smallest absolute Gasteiger partial charge is 0.218 e. The lowest BCUT2D eigenvalue weighted by Crippen LogP contribution is -2.37. The van der Waals surface area contributed by atoms with E-state index in [1.54, 1.807) is 0 Å². The van der Waals surface area contributed by atoms with Crippen LogP contribution in [0.15, 0.2) is 4.42 Å². The van der Waals surface area contributed by atoms with Crippen LogP contribution in [0.5, 0.6) is 0 Å². The summed E-state index contributed by atoms with van der Waals surface area (Å²) in [6, 6.07) is 0. The number of rotatable bonds is 7. The van der Waals surface area contributed by atoms with E-state index in [4.69, 9.17) is 9.15 Å². The van der Waals surface area contributed by atoms with E-state index in [0.717, 1.165) is 19.6 Å². The van der Waals surface area contributed by atoms with Crippen molar-refractivity contribution in [2.45, 2.75) is 46.1 Å². The van der Waals surface area contributed by atoms with Gasteiger partial charge in [0, 0.05) is 31.5 Å². The second-order valence-corrected chi connectivity index (χ2v) is 4.96. The fourth-order valence-electron chi connectivity index (χ4n) is 1.34. The molecule has 98 valence electrons. The number of nitrogens with zero attached hydrogens (tertiary/aromatic N) is 2. The van der Waals surface area contributed by atoms with E-state index in [9.17, 15) is 0 Å². The zero-order chi connectivity index (χ0) is 12.7. The zero-order valence-corrected chi connectivity index (χ0v) is 11.2. The number of hydrogen-bond acceptors (Lipinski definition) is 5. The predicted molar refractivity (Wildman–Crippen MR) is 66.0 cm³/mol. The van der Waals surface area contributed by atoms with Gasteiger partial charge in [-0.05, 0) is 27.7 Å². The average molecular weight is 241 g/mol. The van der Waals surface area contributed by atoms with Crippen LogP contribution in [0, 0.1) is 0 Å². The van der Waals surface area contributed by atoms with Crippen molar-refractivity contribution in [3.63, 3.8) is 0 Å². The van der Waals surface area contributed by atoms with Crippen LogP contribution < -0.4 is 5.32 Å². The fraction of sp³-hybridized carbons (Fsp3) is 0.833. The van der Waals surface area contributed by atoms with Crippen LogP contribution >= 0.6 is 0 Å². The summed E-state index contributed by atoms with van der Waals surface area (Å²) in [6.45, 7) is 10.6. The first-order valence-electron chi connectivity index (χ1n) is 6.15. The Labute approximate surface area is 103 Å². The van der Waals surface area contributed by atoms with E-state index >= 15 is 0 Å². The largest absolute Gasteiger partial charge is 0.425 e. The highest BCUT2D eigenvalue weighted by Crippen LogP contribution is 2.03. The number of nitrogens with one attached hydrogen (secondary N) is 1. The lowest BCUT2D eigenvalue weighted by Gasteiger charge is -2.19. The van der Waals surface area contributed by atoms with Crippen LogP contribution in [0.3, 0.4) is 0 Å². The topological polar surface area (TPSA) is 60.2 Å². The monoisotopic (exact) mass is 241 g/mol. The zero-order valence-electron chi connectivity index (χ0n) is 11.2. The van der Waals surface area contributed by atoms with Crippen molar-refractivity contribution in [2.75, 3.05) is 19.8 Å². The molecule has 0 aliphatic rings. The van der Waals surface area contributed by atoms with Gasteiger partial charge < -0.3 is 14.5 Å². The molecular formula is C12H23N3O2. The summed E-state index contributed by atoms with van der Waals surface area (Å²) in [5.41, 5.74) is 0.123. The van der Waals surface area contributed by atoms with Gasteiger partial charge in [0.1, 0.15) is 0 Å². The second-order valence-electron chi connectivity index (χ2n) is 4.96. The van der Waals surface area contributed by atoms with Crippen molar-refractivity contribution in [1.29, 1.82) is 0 Å². The molecule has 1 aromatic rings. The molecule has 1 aromatic heterocycles. The van der Waals surface area contributed by atoms with Crippen LogP contribution in [0.4, 0.5) is 0 Å². The summed E-state index contributed by atoms with van der Waals surface area (Å²) in [5, 5.41) is 11.4. The molecule has 0 aliphatic carbocycles. The Hall–Kier alpha value is -0.940. The molecular weight excluding hydrogens is 218 g/mol. The Bertz CT molecular complexity index is 318. The standard InChI is InChI=1S/C12H23N3O2/c1-5-16-9-7-11-15-14-10(17-11)6-8-13-12(2,3)4/h13H,5-9H2,1-4H3. The van der Waals surface area contributed by atoms with Crippen LogP contribution in [0.25, 0.3) is 0 Å². The van der Waals surface area contributed by atoms with Crippen molar-refractivity contribution < 1.29 is 9.15 Å². The molecule has 0 aromatic carbocycles. The molecule has 0 aliphatic heterocycles. The normalized spacial score (nSPS) is 12.0. The van der Waals surface area contributed by atoms with Crippen LogP contribution in [0.2, 0.25) is 0 Å². The molecule has 0 saturated heterocycles. The quantitative estimate of drug-likeness (QED) is 0.734. The molecule has 0 atom stereocenters. The minimum absolute atomic E-state index is 0.123. The van der Waals surface area contributed by atoms with Gasteiger partial charge in [0.05, 0.1) is 6.61 Å². The fourth-order valence-corrected chi connectivity index (χ4v) is 1.34. The number of aromatic nitrogens is 2. The highest BCUT2D eigenvalue weighted by atomic mass is 16.5. The van der Waals surface area contributed by atoms with Gasteiger partial charge in [-0.2, -0.15) is 0 Å². The predicted octanol–water partition coefficient (Wildman–Crippen LogP) is 1.58. The van der Waals surface area contributed by atoms with Crippen molar-refractivity contribution in [3.05, 3.63) is 11.8 Å². The van der Waals surface area contributed by atoms with Crippen molar-refractivity contribution in [1.82, 2.24) is 15.5 Å². The van der Waals surface area contributed by atoms with E-state index in [-0.39, 0.29) is 5.54 Å². The average Bonchev–Trinajstić information content (AvgIpc) is 2.64. The molecule has 0 fully saturated rings. The lowest BCUT2D eigenvalue weighted by molar-refractivity contribution is 0.145. The van der Waals surface area contributed by atoms with Gasteiger partial charge in [-0.25, -0.2) is 0 Å². The summed E-state index contributed by atoms with van der Waals surface area (Å²) in [5.74, 6) is 1.34. The summed E-state index contributed by atoms with van der Waals surface area (Å²) in [6.07, 6.45) is 1.45. The van der Waals surface area contributed by atoms with Gasteiger partial charge in [-0.3, -0.25) is 0 Å². The van der Waals surface area contributed by atoms with E-state index in [1.807, 2.05) is 6.92 Å². The maximum atomic E-state index is 5.50. The third kappa shape index (κ3) is 6.38. The van der Waals surface area contributed by atoms with E-state index in [0.29, 0.717) is 24.8 Å². The third-order valence-electron chi connectivity index (χ3n) is 2.17. The van der Waals surface area contributed by atoms with Gasteiger partial charge in [0.2, 0.25) is 11.8 Å². The van der Waals surface area contributed by atoms with E-state index < -0.39 is 0 Å². The van der Waals surface area contributed by atoms with E-state index in [2.05, 4.69) is 36.3 Å². The van der Waals surface area contributed by atoms with Crippen LogP contribution in [-0.4, -0.2) is 35.5 Å². The highest BCUT2D eigenvalue weighted by Gasteiger charge is 2.10. The summed E-state index contributed by atoms with van der Waals surface area (Å²) < 4.78 is 10.7. The Morgan fingerprint density at radius 2 is 1.82 bits per heavy atom. The Morgan fingerprint density at radius 1 is 1.18 bits per heavy atom. The molecule has 1 heterocycles. The molecule has 0 saturated carbocycles. The Balaban J connectivity index is 2.26. The lowest BCUT2D eigenvalue weighted by atomic mass is 10.1. The molecule has 5 nitrogen and oxygen atoms in total. The Kier molecular flexibility index (Phi) is 5.58. The molecule has 1 rings (SSSR count). The van der Waals surface area contributed by atoms with Crippen molar-refractivity contribution >= 4 is 0 Å². The molecule has 1 N–H and O–H groups in total. The molecule has 0 spiro atoms. The van der Waals surface area contributed by atoms with Crippen LogP contribution in [0.1, 0.15) is 39.5 Å². The van der Waals surface area contributed by atoms with Gasteiger partial charge in [0.15, 0.2) is 0 Å². The van der Waals surface area contributed by atoms with Crippen LogP contribution in [-0.2, 0) is 17.6 Å². The summed E-state index contributed by atoms with van der Waals surface area (Å²) >= 11 is 0. The molecule has 0 radical (unpaired) electrons. The molecule has 5 heteroatoms. The van der Waals surface area contributed by atoms with Gasteiger partial charge >= 0.3 is 0 Å². The molecule has 17 heavy (non-hydrogen) atoms. The SMILES string of the molecule is CCOCCc1nnc(CCNC(C)(C)C)o1. The Morgan fingerprint density at radius 3 is 2.41 bits per heavy atom. The first-order valence-corrected chi connectivity index (χ1v) is 6.15. The number of ether oxygens (including phenoxy) is 1. The van der Waals surface area contributed by atoms with Gasteiger partial charge in [0.25, 0.3) is 0 Å². The van der Waals surface area contributed by atoms with Crippen molar-refractivity contribution in [3.8, 4) is 0 Å². The molecule has 0 bridgehead atoms. The van der Waals surface area contributed by atoms with Gasteiger partial charge in [-0.1, -0.05) is 0 Å². The maximum absolute atomic E-state index is 5.50. The summed E-state index contributed by atoms with van der Waals surface area (Å²) in [4.78, 5) is 0.